The molecule has 0 saturated heterocycles. The number of H-pyrrole nitrogens is 1. The molecule has 2 aromatic carbocycles. The van der Waals surface area contributed by atoms with Gasteiger partial charge in [0.05, 0.1) is 39.1 Å². The Hall–Kier alpha value is -3.05. The molecular weight excluding hydrogens is 476 g/mol. The molecule has 0 saturated carbocycles. The van der Waals surface area contributed by atoms with Crippen LogP contribution >= 0.6 is 28.1 Å². The number of ether oxygens (including phenoxy) is 4. The number of aromatic hydroxyl groups is 1. The number of rotatable bonds is 7. The van der Waals surface area contributed by atoms with Gasteiger partial charge in [0.2, 0.25) is 10.5 Å². The van der Waals surface area contributed by atoms with Crippen molar-refractivity contribution in [1.29, 1.82) is 0 Å². The minimum absolute atomic E-state index is 0.00712. The minimum Gasteiger partial charge on any atom is -0.503 e. The zero-order valence-electron chi connectivity index (χ0n) is 16.6. The fourth-order valence-electron chi connectivity index (χ4n) is 2.74. The molecular formula is C19H19BrN4O5S. The molecule has 30 heavy (non-hydrogen) atoms. The molecule has 1 aromatic heterocycles. The van der Waals surface area contributed by atoms with Gasteiger partial charge >= 0.3 is 0 Å². The Morgan fingerprint density at radius 2 is 1.67 bits per heavy atom. The molecule has 0 bridgehead atoms. The summed E-state index contributed by atoms with van der Waals surface area (Å²) >= 11 is 8.61. The van der Waals surface area contributed by atoms with Crippen molar-refractivity contribution in [2.75, 3.05) is 28.4 Å². The van der Waals surface area contributed by atoms with Gasteiger partial charge in [-0.2, -0.15) is 14.9 Å². The summed E-state index contributed by atoms with van der Waals surface area (Å²) in [5.74, 6) is 2.18. The Balaban J connectivity index is 2.08. The van der Waals surface area contributed by atoms with Crippen LogP contribution in [0.25, 0.3) is 11.4 Å². The summed E-state index contributed by atoms with van der Waals surface area (Å²) in [6, 6.07) is 6.84. The highest BCUT2D eigenvalue weighted by Crippen LogP contribution is 2.41. The minimum atomic E-state index is 0.00712. The van der Waals surface area contributed by atoms with Crippen LogP contribution < -0.4 is 18.9 Å². The highest BCUT2D eigenvalue weighted by Gasteiger charge is 2.17. The predicted octanol–water partition coefficient (Wildman–Crippen LogP) is 3.99. The van der Waals surface area contributed by atoms with Gasteiger partial charge in [-0.15, -0.1) is 0 Å². The molecule has 0 aliphatic carbocycles. The van der Waals surface area contributed by atoms with Crippen LogP contribution in [0.4, 0.5) is 0 Å². The molecule has 0 amide bonds. The van der Waals surface area contributed by atoms with Crippen LogP contribution in [0.5, 0.6) is 28.7 Å². The number of hydrogen-bond donors (Lipinski definition) is 2. The summed E-state index contributed by atoms with van der Waals surface area (Å²) in [5.41, 5.74) is 1.33. The molecule has 11 heteroatoms. The first kappa shape index (κ1) is 21.7. The van der Waals surface area contributed by atoms with Crippen molar-refractivity contribution in [3.63, 3.8) is 0 Å². The highest BCUT2D eigenvalue weighted by molar-refractivity contribution is 9.10. The van der Waals surface area contributed by atoms with Gasteiger partial charge in [0.1, 0.15) is 0 Å². The average molecular weight is 495 g/mol. The van der Waals surface area contributed by atoms with Crippen molar-refractivity contribution in [2.24, 2.45) is 5.10 Å². The first-order valence-corrected chi connectivity index (χ1v) is 9.72. The predicted molar refractivity (Wildman–Crippen MR) is 118 cm³/mol. The van der Waals surface area contributed by atoms with E-state index in [9.17, 15) is 5.11 Å². The molecule has 3 aromatic rings. The monoisotopic (exact) mass is 494 g/mol. The molecule has 0 fully saturated rings. The van der Waals surface area contributed by atoms with Crippen LogP contribution in [0.1, 0.15) is 5.56 Å². The van der Waals surface area contributed by atoms with Gasteiger partial charge in [0.25, 0.3) is 0 Å². The maximum absolute atomic E-state index is 9.97. The normalized spacial score (nSPS) is 11.0. The van der Waals surface area contributed by atoms with Gasteiger partial charge < -0.3 is 24.1 Å². The molecule has 158 valence electrons. The second-order valence-corrected chi connectivity index (χ2v) is 7.12. The second-order valence-electron chi connectivity index (χ2n) is 5.88. The van der Waals surface area contributed by atoms with Gasteiger partial charge in [0.15, 0.2) is 28.8 Å². The zero-order valence-corrected chi connectivity index (χ0v) is 19.0. The number of halogens is 1. The molecule has 3 rings (SSSR count). The first-order chi connectivity index (χ1) is 14.4. The number of aromatic nitrogens is 3. The lowest BCUT2D eigenvalue weighted by molar-refractivity contribution is 0.324. The van der Waals surface area contributed by atoms with E-state index in [0.717, 1.165) is 0 Å². The number of nitrogens with one attached hydrogen (secondary N) is 1. The maximum atomic E-state index is 9.97. The Kier molecular flexibility index (Phi) is 6.63. The SMILES string of the molecule is COc1cc(C=Nn2c(-c3cc(OC)c(OC)c(OC)c3)n[nH]c2=S)cc(Br)c1O. The van der Waals surface area contributed by atoms with Crippen molar-refractivity contribution in [3.8, 4) is 40.1 Å². The highest BCUT2D eigenvalue weighted by atomic mass is 79.9. The molecule has 1 heterocycles. The lowest BCUT2D eigenvalue weighted by Crippen LogP contribution is -1.99. The van der Waals surface area contributed by atoms with Crippen molar-refractivity contribution < 1.29 is 24.1 Å². The number of nitrogens with zero attached hydrogens (tertiary/aromatic N) is 3. The van der Waals surface area contributed by atoms with Gasteiger partial charge in [0, 0.05) is 5.56 Å². The van der Waals surface area contributed by atoms with Gasteiger partial charge in [-0.1, -0.05) is 0 Å². The van der Waals surface area contributed by atoms with Crippen LogP contribution in [-0.2, 0) is 0 Å². The third-order valence-electron chi connectivity index (χ3n) is 4.17. The third kappa shape index (κ3) is 4.12. The van der Waals surface area contributed by atoms with Crippen LogP contribution in [0.3, 0.4) is 0 Å². The van der Waals surface area contributed by atoms with Crippen molar-refractivity contribution in [3.05, 3.63) is 39.1 Å². The van der Waals surface area contributed by atoms with E-state index in [1.165, 1.54) is 33.1 Å². The topological polar surface area (TPSA) is 103 Å². The van der Waals surface area contributed by atoms with E-state index in [1.54, 1.807) is 30.5 Å². The van der Waals surface area contributed by atoms with Crippen LogP contribution in [0, 0.1) is 4.77 Å². The summed E-state index contributed by atoms with van der Waals surface area (Å²) in [7, 11) is 6.07. The van der Waals surface area contributed by atoms with E-state index in [0.29, 0.717) is 49.2 Å². The van der Waals surface area contributed by atoms with Gasteiger partial charge in [-0.25, -0.2) is 5.10 Å². The number of methoxy groups -OCH3 is 4. The molecule has 0 spiro atoms. The van der Waals surface area contributed by atoms with E-state index in [-0.39, 0.29) is 5.75 Å². The second kappa shape index (κ2) is 9.18. The summed E-state index contributed by atoms with van der Waals surface area (Å²) in [6.07, 6.45) is 1.57. The largest absolute Gasteiger partial charge is 0.503 e. The molecule has 0 unspecified atom stereocenters. The summed E-state index contributed by atoms with van der Waals surface area (Å²) < 4.78 is 23.6. The molecule has 9 nitrogen and oxygen atoms in total. The molecule has 0 radical (unpaired) electrons. The van der Waals surface area contributed by atoms with E-state index in [4.69, 9.17) is 31.2 Å². The Morgan fingerprint density at radius 3 is 2.23 bits per heavy atom. The molecule has 0 atom stereocenters. The number of hydrogen-bond acceptors (Lipinski definition) is 8. The number of phenolic OH excluding ortho intramolecular Hbond substituents is 1. The van der Waals surface area contributed by atoms with Crippen LogP contribution in [0.2, 0.25) is 0 Å². The standard InChI is InChI=1S/C19H19BrN4O5S/c1-26-13-6-10(5-12(20)16(13)25)9-21-24-18(22-23-19(24)30)11-7-14(27-2)17(29-4)15(8-11)28-3/h5-9,25H,1-4H3,(H,23,30). The fourth-order valence-corrected chi connectivity index (χ4v) is 3.38. The summed E-state index contributed by atoms with van der Waals surface area (Å²) in [5, 5.41) is 21.4. The quantitative estimate of drug-likeness (QED) is 0.378. The Morgan fingerprint density at radius 1 is 1.03 bits per heavy atom. The Bertz CT molecular complexity index is 1130. The van der Waals surface area contributed by atoms with Crippen molar-refractivity contribution in [2.45, 2.75) is 0 Å². The van der Waals surface area contributed by atoms with Gasteiger partial charge in [-0.05, 0) is 58.0 Å². The first-order valence-electron chi connectivity index (χ1n) is 8.52. The Labute approximate surface area is 186 Å². The number of phenols is 1. The van der Waals surface area contributed by atoms with E-state index in [2.05, 4.69) is 31.2 Å². The van der Waals surface area contributed by atoms with E-state index >= 15 is 0 Å². The number of benzene rings is 2. The molecule has 0 aliphatic heterocycles. The fraction of sp³-hybridized carbons (Fsp3) is 0.211. The maximum Gasteiger partial charge on any atom is 0.216 e. The lowest BCUT2D eigenvalue weighted by atomic mass is 10.1. The smallest absolute Gasteiger partial charge is 0.216 e. The molecule has 0 aliphatic rings. The lowest BCUT2D eigenvalue weighted by Gasteiger charge is -2.13. The number of aromatic amines is 1. The van der Waals surface area contributed by atoms with Crippen molar-refractivity contribution in [1.82, 2.24) is 14.9 Å². The average Bonchev–Trinajstić information content (AvgIpc) is 3.13. The van der Waals surface area contributed by atoms with Crippen LogP contribution in [0.15, 0.2) is 33.8 Å². The zero-order chi connectivity index (χ0) is 21.8. The summed E-state index contributed by atoms with van der Waals surface area (Å²) in [4.78, 5) is 0. The van der Waals surface area contributed by atoms with E-state index in [1.807, 2.05) is 0 Å². The van der Waals surface area contributed by atoms with Crippen molar-refractivity contribution >= 4 is 34.4 Å². The van der Waals surface area contributed by atoms with Crippen LogP contribution in [-0.4, -0.2) is 54.6 Å². The summed E-state index contributed by atoms with van der Waals surface area (Å²) in [6.45, 7) is 0. The molecule has 2 N–H and O–H groups in total. The van der Waals surface area contributed by atoms with E-state index < -0.39 is 0 Å². The third-order valence-corrected chi connectivity index (χ3v) is 5.04. The van der Waals surface area contributed by atoms with Gasteiger partial charge in [-0.3, -0.25) is 0 Å².